The molecule has 5 heteroatoms. The molecule has 1 aliphatic carbocycles. The molecule has 1 aliphatic rings. The van der Waals surface area contributed by atoms with E-state index in [2.05, 4.69) is 17.2 Å². The van der Waals surface area contributed by atoms with Crippen molar-refractivity contribution in [1.29, 1.82) is 0 Å². The fourth-order valence-corrected chi connectivity index (χ4v) is 3.76. The van der Waals surface area contributed by atoms with Gasteiger partial charge in [-0.05, 0) is 30.7 Å². The van der Waals surface area contributed by atoms with Gasteiger partial charge in [0.25, 0.3) is 5.91 Å². The van der Waals surface area contributed by atoms with Gasteiger partial charge in [-0.15, -0.1) is 0 Å². The third-order valence-corrected chi connectivity index (χ3v) is 4.91. The molecule has 0 saturated heterocycles. The van der Waals surface area contributed by atoms with Gasteiger partial charge >= 0.3 is 0 Å². The topological polar surface area (TPSA) is 45.2 Å². The molecule has 1 fully saturated rings. The van der Waals surface area contributed by atoms with Crippen LogP contribution in [-0.4, -0.2) is 46.9 Å². The van der Waals surface area contributed by atoms with Gasteiger partial charge in [0, 0.05) is 31.6 Å². The van der Waals surface area contributed by atoms with E-state index < -0.39 is 0 Å². The van der Waals surface area contributed by atoms with Crippen molar-refractivity contribution < 1.29 is 4.79 Å². The standard InChI is InChI=1S/C15H23N3OS/c1-4-20-13-7-5-6-12(13)17-14-9-8-11(10-16-14)15(19)18(2)3/h8-10,12-13H,4-7H2,1-3H3,(H,16,17)/t12-,13+/m0/s1. The predicted octanol–water partition coefficient (Wildman–Crippen LogP) is 2.87. The molecule has 2 rings (SSSR count). The minimum atomic E-state index is -0.00988. The summed E-state index contributed by atoms with van der Waals surface area (Å²) in [4.78, 5) is 17.7. The number of carbonyl (C=O) groups is 1. The van der Waals surface area contributed by atoms with Crippen molar-refractivity contribution in [2.75, 3.05) is 25.2 Å². The summed E-state index contributed by atoms with van der Waals surface area (Å²) in [6, 6.07) is 4.25. The van der Waals surface area contributed by atoms with E-state index >= 15 is 0 Å². The Labute approximate surface area is 125 Å². The Hall–Kier alpha value is -1.23. The number of thioether (sulfide) groups is 1. The third kappa shape index (κ3) is 3.66. The number of pyridine rings is 1. The number of rotatable bonds is 5. The van der Waals surface area contributed by atoms with Crippen molar-refractivity contribution in [3.63, 3.8) is 0 Å². The summed E-state index contributed by atoms with van der Waals surface area (Å²) in [6.07, 6.45) is 5.43. The zero-order valence-electron chi connectivity index (χ0n) is 12.4. The molecule has 0 aromatic carbocycles. The van der Waals surface area contributed by atoms with E-state index in [1.165, 1.54) is 19.3 Å². The summed E-state index contributed by atoms with van der Waals surface area (Å²) in [7, 11) is 3.50. The van der Waals surface area contributed by atoms with Gasteiger partial charge in [-0.2, -0.15) is 11.8 Å². The van der Waals surface area contributed by atoms with E-state index in [9.17, 15) is 4.79 Å². The average Bonchev–Trinajstić information content (AvgIpc) is 2.86. The summed E-state index contributed by atoms with van der Waals surface area (Å²) in [5.41, 5.74) is 0.631. The molecule has 0 aliphatic heterocycles. The van der Waals surface area contributed by atoms with Gasteiger partial charge < -0.3 is 10.2 Å². The predicted molar refractivity (Wildman–Crippen MR) is 85.4 cm³/mol. The number of nitrogens with zero attached hydrogens (tertiary/aromatic N) is 2. The molecular weight excluding hydrogens is 270 g/mol. The monoisotopic (exact) mass is 293 g/mol. The maximum atomic E-state index is 11.8. The molecule has 1 aromatic rings. The highest BCUT2D eigenvalue weighted by atomic mass is 32.2. The van der Waals surface area contributed by atoms with Crippen LogP contribution in [0.4, 0.5) is 5.82 Å². The minimum Gasteiger partial charge on any atom is -0.366 e. The van der Waals surface area contributed by atoms with Crippen molar-refractivity contribution in [2.45, 2.75) is 37.5 Å². The van der Waals surface area contributed by atoms with Crippen LogP contribution in [-0.2, 0) is 0 Å². The van der Waals surface area contributed by atoms with Crippen molar-refractivity contribution in [3.05, 3.63) is 23.9 Å². The quantitative estimate of drug-likeness (QED) is 0.906. The Balaban J connectivity index is 1.98. The Bertz CT molecular complexity index is 447. The lowest BCUT2D eigenvalue weighted by atomic mass is 10.2. The zero-order chi connectivity index (χ0) is 14.5. The highest BCUT2D eigenvalue weighted by Crippen LogP contribution is 2.31. The zero-order valence-corrected chi connectivity index (χ0v) is 13.2. The number of anilines is 1. The Morgan fingerprint density at radius 1 is 1.45 bits per heavy atom. The maximum Gasteiger partial charge on any atom is 0.254 e. The lowest BCUT2D eigenvalue weighted by molar-refractivity contribution is 0.0827. The van der Waals surface area contributed by atoms with Crippen LogP contribution in [0.5, 0.6) is 0 Å². The molecule has 1 N–H and O–H groups in total. The summed E-state index contributed by atoms with van der Waals surface area (Å²) >= 11 is 2.03. The molecule has 1 aromatic heterocycles. The number of aromatic nitrogens is 1. The van der Waals surface area contributed by atoms with Gasteiger partial charge in [0.15, 0.2) is 0 Å². The fraction of sp³-hybridized carbons (Fsp3) is 0.600. The van der Waals surface area contributed by atoms with Gasteiger partial charge in [0.2, 0.25) is 0 Å². The van der Waals surface area contributed by atoms with E-state index in [1.807, 2.05) is 23.9 Å². The molecule has 0 spiro atoms. The Morgan fingerprint density at radius 2 is 2.25 bits per heavy atom. The van der Waals surface area contributed by atoms with Crippen LogP contribution >= 0.6 is 11.8 Å². The normalized spacial score (nSPS) is 21.8. The van der Waals surface area contributed by atoms with Crippen molar-refractivity contribution in [2.24, 2.45) is 0 Å². The minimum absolute atomic E-state index is 0.00988. The van der Waals surface area contributed by atoms with Gasteiger partial charge in [-0.3, -0.25) is 4.79 Å². The molecule has 20 heavy (non-hydrogen) atoms. The third-order valence-electron chi connectivity index (χ3n) is 3.58. The smallest absolute Gasteiger partial charge is 0.254 e. The van der Waals surface area contributed by atoms with Crippen LogP contribution in [0.2, 0.25) is 0 Å². The molecule has 1 heterocycles. The fourth-order valence-electron chi connectivity index (χ4n) is 2.56. The van der Waals surface area contributed by atoms with E-state index in [0.717, 1.165) is 11.6 Å². The van der Waals surface area contributed by atoms with Crippen LogP contribution in [0.3, 0.4) is 0 Å². The first-order valence-electron chi connectivity index (χ1n) is 7.17. The lowest BCUT2D eigenvalue weighted by Gasteiger charge is -2.20. The molecule has 4 nitrogen and oxygen atoms in total. The molecule has 0 radical (unpaired) electrons. The Kier molecular flexibility index (Phi) is 5.29. The average molecular weight is 293 g/mol. The molecule has 2 atom stereocenters. The van der Waals surface area contributed by atoms with Gasteiger partial charge in [-0.25, -0.2) is 4.98 Å². The highest BCUT2D eigenvalue weighted by molar-refractivity contribution is 7.99. The van der Waals surface area contributed by atoms with Crippen molar-refractivity contribution in [1.82, 2.24) is 9.88 Å². The second kappa shape index (κ2) is 6.97. The van der Waals surface area contributed by atoms with Crippen LogP contribution in [0.15, 0.2) is 18.3 Å². The largest absolute Gasteiger partial charge is 0.366 e. The van der Waals surface area contributed by atoms with Crippen LogP contribution in [0.1, 0.15) is 36.5 Å². The SMILES string of the molecule is CCS[C@@H]1CCC[C@@H]1Nc1ccc(C(=O)N(C)C)cn1. The van der Waals surface area contributed by atoms with Crippen LogP contribution < -0.4 is 5.32 Å². The molecule has 110 valence electrons. The van der Waals surface area contributed by atoms with E-state index in [0.29, 0.717) is 16.9 Å². The molecular formula is C15H23N3OS. The summed E-state index contributed by atoms with van der Waals surface area (Å²) in [5.74, 6) is 2.02. The molecule has 0 unspecified atom stereocenters. The van der Waals surface area contributed by atoms with Gasteiger partial charge in [-0.1, -0.05) is 13.3 Å². The maximum absolute atomic E-state index is 11.8. The second-order valence-electron chi connectivity index (χ2n) is 5.31. The van der Waals surface area contributed by atoms with E-state index in [4.69, 9.17) is 0 Å². The number of hydrogen-bond donors (Lipinski definition) is 1. The molecule has 1 saturated carbocycles. The number of hydrogen-bond acceptors (Lipinski definition) is 4. The van der Waals surface area contributed by atoms with Gasteiger partial charge in [0.05, 0.1) is 5.56 Å². The number of nitrogens with one attached hydrogen (secondary N) is 1. The summed E-state index contributed by atoms with van der Waals surface area (Å²) in [5, 5.41) is 4.20. The molecule has 1 amide bonds. The highest BCUT2D eigenvalue weighted by Gasteiger charge is 2.27. The van der Waals surface area contributed by atoms with E-state index in [-0.39, 0.29) is 5.91 Å². The first-order chi connectivity index (χ1) is 9.61. The van der Waals surface area contributed by atoms with Crippen LogP contribution in [0.25, 0.3) is 0 Å². The lowest BCUT2D eigenvalue weighted by Crippen LogP contribution is -2.27. The number of amides is 1. The second-order valence-corrected chi connectivity index (χ2v) is 6.82. The van der Waals surface area contributed by atoms with Crippen LogP contribution in [0, 0.1) is 0 Å². The van der Waals surface area contributed by atoms with E-state index in [1.54, 1.807) is 25.2 Å². The summed E-state index contributed by atoms with van der Waals surface area (Å²) in [6.45, 7) is 2.21. The Morgan fingerprint density at radius 3 is 2.85 bits per heavy atom. The molecule has 0 bridgehead atoms. The van der Waals surface area contributed by atoms with Crippen molar-refractivity contribution >= 4 is 23.5 Å². The first kappa shape index (κ1) is 15.2. The van der Waals surface area contributed by atoms with Gasteiger partial charge in [0.1, 0.15) is 5.82 Å². The summed E-state index contributed by atoms with van der Waals surface area (Å²) < 4.78 is 0. The first-order valence-corrected chi connectivity index (χ1v) is 8.22. The van der Waals surface area contributed by atoms with Crippen molar-refractivity contribution in [3.8, 4) is 0 Å². The number of carbonyl (C=O) groups excluding carboxylic acids is 1.